The molecule has 16 heavy (non-hydrogen) atoms. The zero-order chi connectivity index (χ0) is 11.5. The number of nitrogens with zero attached hydrogens (tertiary/aromatic N) is 1. The molecule has 0 amide bonds. The van der Waals surface area contributed by atoms with Crippen LogP contribution in [0.15, 0.2) is 29.4 Å². The molecule has 0 fully saturated rings. The van der Waals surface area contributed by atoms with Crippen LogP contribution in [0.25, 0.3) is 0 Å². The number of aromatic hydroxyl groups is 1. The number of rotatable bonds is 3. The number of benzene rings is 1. The lowest BCUT2D eigenvalue weighted by molar-refractivity contribution is -0.139. The summed E-state index contributed by atoms with van der Waals surface area (Å²) < 4.78 is 0. The SMILES string of the molecule is O=C(O)CC1CC(c2ccccc2O)=NO1. The highest BCUT2D eigenvalue weighted by Crippen LogP contribution is 2.24. The normalized spacial score (nSPS) is 19.0. The lowest BCUT2D eigenvalue weighted by Gasteiger charge is -2.04. The molecule has 0 saturated heterocycles. The van der Waals surface area contributed by atoms with Gasteiger partial charge in [-0.1, -0.05) is 17.3 Å². The van der Waals surface area contributed by atoms with Gasteiger partial charge in [-0.3, -0.25) is 4.79 Å². The van der Waals surface area contributed by atoms with Gasteiger partial charge in [-0.05, 0) is 12.1 Å². The van der Waals surface area contributed by atoms with E-state index in [1.165, 1.54) is 0 Å². The number of hydrogen-bond acceptors (Lipinski definition) is 4. The van der Waals surface area contributed by atoms with Gasteiger partial charge >= 0.3 is 5.97 Å². The molecule has 0 saturated carbocycles. The van der Waals surface area contributed by atoms with E-state index in [1.54, 1.807) is 24.3 Å². The van der Waals surface area contributed by atoms with Gasteiger partial charge in [0.25, 0.3) is 0 Å². The summed E-state index contributed by atoms with van der Waals surface area (Å²) in [5.41, 5.74) is 1.18. The lowest BCUT2D eigenvalue weighted by Crippen LogP contribution is -2.13. The number of phenolic OH excluding ortho intramolecular Hbond substituents is 1. The van der Waals surface area contributed by atoms with Crippen molar-refractivity contribution in [2.75, 3.05) is 0 Å². The molecule has 1 aromatic rings. The monoisotopic (exact) mass is 221 g/mol. The molecular weight excluding hydrogens is 210 g/mol. The highest BCUT2D eigenvalue weighted by molar-refractivity contribution is 6.03. The fourth-order valence-electron chi connectivity index (χ4n) is 1.61. The Morgan fingerprint density at radius 1 is 1.50 bits per heavy atom. The zero-order valence-corrected chi connectivity index (χ0v) is 8.46. The number of aliphatic carboxylic acids is 1. The van der Waals surface area contributed by atoms with Crippen molar-refractivity contribution in [2.24, 2.45) is 5.16 Å². The van der Waals surface area contributed by atoms with Crippen LogP contribution in [0.5, 0.6) is 5.75 Å². The van der Waals surface area contributed by atoms with Crippen molar-refractivity contribution in [3.63, 3.8) is 0 Å². The number of para-hydroxylation sites is 1. The van der Waals surface area contributed by atoms with Crippen LogP contribution in [0.4, 0.5) is 0 Å². The smallest absolute Gasteiger partial charge is 0.307 e. The molecule has 5 heteroatoms. The standard InChI is InChI=1S/C11H11NO4/c13-10-4-2-1-3-8(10)9-5-7(16-12-9)6-11(14)15/h1-4,7,13H,5-6H2,(H,14,15). The van der Waals surface area contributed by atoms with Crippen LogP contribution in [0.2, 0.25) is 0 Å². The molecule has 0 radical (unpaired) electrons. The molecule has 0 aromatic heterocycles. The van der Waals surface area contributed by atoms with Gasteiger partial charge in [0.05, 0.1) is 12.1 Å². The summed E-state index contributed by atoms with van der Waals surface area (Å²) in [6, 6.07) is 6.77. The molecule has 1 heterocycles. The summed E-state index contributed by atoms with van der Waals surface area (Å²) in [4.78, 5) is 15.5. The molecule has 0 aliphatic carbocycles. The van der Waals surface area contributed by atoms with Crippen molar-refractivity contribution in [3.8, 4) is 5.75 Å². The third-order valence-electron chi connectivity index (χ3n) is 2.35. The molecule has 1 unspecified atom stereocenters. The summed E-state index contributed by atoms with van der Waals surface area (Å²) in [6.07, 6.45) is -0.114. The average Bonchev–Trinajstić information content (AvgIpc) is 2.66. The van der Waals surface area contributed by atoms with E-state index in [0.29, 0.717) is 17.7 Å². The first-order valence-electron chi connectivity index (χ1n) is 4.89. The van der Waals surface area contributed by atoms with Gasteiger partial charge in [0.15, 0.2) is 0 Å². The highest BCUT2D eigenvalue weighted by Gasteiger charge is 2.25. The Balaban J connectivity index is 2.09. The largest absolute Gasteiger partial charge is 0.507 e. The van der Waals surface area contributed by atoms with E-state index in [-0.39, 0.29) is 12.2 Å². The number of carbonyl (C=O) groups is 1. The van der Waals surface area contributed by atoms with E-state index in [2.05, 4.69) is 5.16 Å². The first-order valence-corrected chi connectivity index (χ1v) is 4.89. The third-order valence-corrected chi connectivity index (χ3v) is 2.35. The van der Waals surface area contributed by atoms with Crippen molar-refractivity contribution in [1.29, 1.82) is 0 Å². The fourth-order valence-corrected chi connectivity index (χ4v) is 1.61. The van der Waals surface area contributed by atoms with Gasteiger partial charge in [0.2, 0.25) is 0 Å². The molecule has 5 nitrogen and oxygen atoms in total. The minimum atomic E-state index is -0.918. The zero-order valence-electron chi connectivity index (χ0n) is 8.46. The van der Waals surface area contributed by atoms with Gasteiger partial charge in [-0.2, -0.15) is 0 Å². The molecule has 1 aliphatic rings. The highest BCUT2D eigenvalue weighted by atomic mass is 16.6. The second-order valence-corrected chi connectivity index (χ2v) is 3.58. The molecule has 84 valence electrons. The van der Waals surface area contributed by atoms with Crippen molar-refractivity contribution in [2.45, 2.75) is 18.9 Å². The van der Waals surface area contributed by atoms with E-state index in [1.807, 2.05) is 0 Å². The van der Waals surface area contributed by atoms with Gasteiger partial charge in [-0.15, -0.1) is 0 Å². The first kappa shape index (κ1) is 10.5. The summed E-state index contributed by atoms with van der Waals surface area (Å²) in [5.74, 6) is -0.792. The Kier molecular flexibility index (Phi) is 2.76. The molecule has 0 spiro atoms. The number of carboxylic acids is 1. The van der Waals surface area contributed by atoms with E-state index >= 15 is 0 Å². The van der Waals surface area contributed by atoms with Crippen LogP contribution >= 0.6 is 0 Å². The number of carboxylic acid groups (broad SMARTS) is 1. The second kappa shape index (κ2) is 4.22. The van der Waals surface area contributed by atoms with Gasteiger partial charge < -0.3 is 15.1 Å². The lowest BCUT2D eigenvalue weighted by atomic mass is 10.0. The van der Waals surface area contributed by atoms with Crippen LogP contribution in [0.1, 0.15) is 18.4 Å². The predicted octanol–water partition coefficient (Wildman–Crippen LogP) is 1.36. The van der Waals surface area contributed by atoms with E-state index in [0.717, 1.165) is 0 Å². The molecule has 2 N–H and O–H groups in total. The number of oxime groups is 1. The number of phenols is 1. The molecule has 0 bridgehead atoms. The molecule has 1 aliphatic heterocycles. The van der Waals surface area contributed by atoms with Crippen LogP contribution in [0.3, 0.4) is 0 Å². The Hall–Kier alpha value is -2.04. The average molecular weight is 221 g/mol. The van der Waals surface area contributed by atoms with E-state index < -0.39 is 12.1 Å². The Bertz CT molecular complexity index is 441. The van der Waals surface area contributed by atoms with E-state index in [4.69, 9.17) is 9.94 Å². The van der Waals surface area contributed by atoms with Crippen LogP contribution in [-0.2, 0) is 9.63 Å². The Morgan fingerprint density at radius 3 is 2.94 bits per heavy atom. The summed E-state index contributed by atoms with van der Waals surface area (Å²) >= 11 is 0. The van der Waals surface area contributed by atoms with Crippen molar-refractivity contribution >= 4 is 11.7 Å². The maximum absolute atomic E-state index is 10.5. The van der Waals surface area contributed by atoms with E-state index in [9.17, 15) is 9.90 Å². The Morgan fingerprint density at radius 2 is 2.25 bits per heavy atom. The van der Waals surface area contributed by atoms with Gasteiger partial charge in [0.1, 0.15) is 11.9 Å². The van der Waals surface area contributed by atoms with Crippen LogP contribution < -0.4 is 0 Å². The fraction of sp³-hybridized carbons (Fsp3) is 0.273. The molecule has 1 aromatic carbocycles. The summed E-state index contributed by atoms with van der Waals surface area (Å²) in [5, 5.41) is 22.0. The summed E-state index contributed by atoms with van der Waals surface area (Å²) in [6.45, 7) is 0. The minimum Gasteiger partial charge on any atom is -0.507 e. The molecule has 2 rings (SSSR count). The van der Waals surface area contributed by atoms with Crippen molar-refractivity contribution in [3.05, 3.63) is 29.8 Å². The topological polar surface area (TPSA) is 79.1 Å². The minimum absolute atomic E-state index is 0.0827. The van der Waals surface area contributed by atoms with Crippen LogP contribution in [0, 0.1) is 0 Å². The molecular formula is C11H11NO4. The van der Waals surface area contributed by atoms with Crippen LogP contribution in [-0.4, -0.2) is 28.0 Å². The first-order chi connectivity index (χ1) is 7.66. The Labute approximate surface area is 92.0 Å². The molecule has 1 atom stereocenters. The second-order valence-electron chi connectivity index (χ2n) is 3.58. The van der Waals surface area contributed by atoms with Gasteiger partial charge in [0, 0.05) is 12.0 Å². The maximum Gasteiger partial charge on any atom is 0.307 e. The number of hydrogen-bond donors (Lipinski definition) is 2. The van der Waals surface area contributed by atoms with Crippen molar-refractivity contribution in [1.82, 2.24) is 0 Å². The summed E-state index contributed by atoms with van der Waals surface area (Å²) in [7, 11) is 0. The predicted molar refractivity (Wildman–Crippen MR) is 56.4 cm³/mol. The maximum atomic E-state index is 10.5. The third kappa shape index (κ3) is 2.13. The van der Waals surface area contributed by atoms with Crippen molar-refractivity contribution < 1.29 is 19.8 Å². The quantitative estimate of drug-likeness (QED) is 0.807. The van der Waals surface area contributed by atoms with Gasteiger partial charge in [-0.25, -0.2) is 0 Å².